The molecular weight excluding hydrogens is 592 g/mol. The second-order valence-corrected chi connectivity index (χ2v) is 12.8. The number of carbonyl (C=O) groups excluding carboxylic acids is 4. The van der Waals surface area contributed by atoms with E-state index in [1.165, 1.54) is 23.0 Å². The molecule has 1 saturated carbocycles. The molecule has 0 aromatic heterocycles. The molecule has 7 rings (SSSR count). The quantitative estimate of drug-likeness (QED) is 0.282. The van der Waals surface area contributed by atoms with Crippen molar-refractivity contribution in [3.05, 3.63) is 101 Å². The van der Waals surface area contributed by atoms with Gasteiger partial charge in [0.2, 0.25) is 23.6 Å². The van der Waals surface area contributed by atoms with E-state index in [1.807, 2.05) is 43.3 Å². The smallest absolute Gasteiger partial charge is 0.246 e. The Kier molecular flexibility index (Phi) is 7.08. The number of anilines is 1. The summed E-state index contributed by atoms with van der Waals surface area (Å²) in [6.07, 6.45) is 3.17. The molecule has 2 aliphatic heterocycles. The van der Waals surface area contributed by atoms with Gasteiger partial charge in [0.1, 0.15) is 11.5 Å². The van der Waals surface area contributed by atoms with Gasteiger partial charge in [0.05, 0.1) is 36.0 Å². The van der Waals surface area contributed by atoms with E-state index in [0.29, 0.717) is 47.0 Å². The van der Waals surface area contributed by atoms with Gasteiger partial charge in [0.15, 0.2) is 0 Å². The molecule has 2 aliphatic carbocycles. The van der Waals surface area contributed by atoms with Crippen LogP contribution in [0.4, 0.5) is 5.69 Å². The molecule has 4 amide bonds. The zero-order chi connectivity index (χ0) is 31.6. The van der Waals surface area contributed by atoms with Gasteiger partial charge >= 0.3 is 0 Å². The second-order valence-electron chi connectivity index (χ2n) is 12.3. The number of halogens is 1. The van der Waals surface area contributed by atoms with Crippen molar-refractivity contribution in [2.75, 3.05) is 18.6 Å². The summed E-state index contributed by atoms with van der Waals surface area (Å²) in [5, 5.41) is 11.9. The summed E-state index contributed by atoms with van der Waals surface area (Å²) in [5.41, 5.74) is 0.800. The van der Waals surface area contributed by atoms with Gasteiger partial charge in [-0.05, 0) is 55.0 Å². The molecule has 3 aromatic rings. The normalized spacial score (nSPS) is 29.0. The average Bonchev–Trinajstić information content (AvgIpc) is 3.42. The minimum atomic E-state index is -1.45. The van der Waals surface area contributed by atoms with Crippen molar-refractivity contribution in [1.82, 2.24) is 4.90 Å². The number of nitrogens with zero attached hydrogens (tertiary/aromatic N) is 2. The number of phenols is 1. The number of fused-ring (bicyclic) bond motifs is 4. The molecular formula is C36H33ClN2O6. The van der Waals surface area contributed by atoms with Crippen LogP contribution in [0.25, 0.3) is 0 Å². The molecule has 8 nitrogen and oxygen atoms in total. The summed E-state index contributed by atoms with van der Waals surface area (Å²) in [6, 6.07) is 20.9. The molecule has 45 heavy (non-hydrogen) atoms. The maximum atomic E-state index is 15.2. The number of hydrogen-bond donors (Lipinski definition) is 1. The zero-order valence-corrected chi connectivity index (χ0v) is 25.7. The van der Waals surface area contributed by atoms with Gasteiger partial charge in [-0.1, -0.05) is 72.6 Å². The number of phenolic OH excluding ortho intramolecular Hbond substituents is 1. The van der Waals surface area contributed by atoms with Crippen LogP contribution < -0.4 is 9.64 Å². The lowest BCUT2D eigenvalue weighted by Crippen LogP contribution is -2.53. The molecule has 6 unspecified atom stereocenters. The summed E-state index contributed by atoms with van der Waals surface area (Å²) in [7, 11) is 1.50. The van der Waals surface area contributed by atoms with E-state index in [1.54, 1.807) is 36.4 Å². The van der Waals surface area contributed by atoms with Gasteiger partial charge in [-0.3, -0.25) is 24.1 Å². The number of rotatable bonds is 6. The minimum Gasteiger partial charge on any atom is -0.508 e. The Hall–Kier alpha value is -4.43. The Balaban J connectivity index is 1.50. The Bertz CT molecular complexity index is 1770. The van der Waals surface area contributed by atoms with E-state index in [9.17, 15) is 19.5 Å². The van der Waals surface area contributed by atoms with Crippen LogP contribution in [0.5, 0.6) is 11.5 Å². The Morgan fingerprint density at radius 3 is 2.40 bits per heavy atom. The molecule has 2 saturated heterocycles. The van der Waals surface area contributed by atoms with Crippen molar-refractivity contribution >= 4 is 40.9 Å². The van der Waals surface area contributed by atoms with E-state index in [2.05, 4.69) is 0 Å². The average molecular weight is 625 g/mol. The first-order valence-electron chi connectivity index (χ1n) is 15.4. The number of aromatic hydroxyl groups is 1. The fraction of sp³-hybridized carbons (Fsp3) is 0.333. The molecule has 4 aliphatic rings. The monoisotopic (exact) mass is 624 g/mol. The van der Waals surface area contributed by atoms with Crippen LogP contribution in [-0.2, 0) is 24.6 Å². The fourth-order valence-electron chi connectivity index (χ4n) is 8.49. The first-order chi connectivity index (χ1) is 21.7. The third kappa shape index (κ3) is 4.11. The van der Waals surface area contributed by atoms with Crippen LogP contribution in [0.1, 0.15) is 43.2 Å². The molecule has 0 bridgehead atoms. The zero-order valence-electron chi connectivity index (χ0n) is 25.0. The van der Waals surface area contributed by atoms with Gasteiger partial charge in [0.25, 0.3) is 0 Å². The van der Waals surface area contributed by atoms with Crippen LogP contribution in [0, 0.1) is 23.7 Å². The number of imide groups is 2. The van der Waals surface area contributed by atoms with E-state index < -0.39 is 46.8 Å². The standard InChI is InChI=1S/C36H33ClN2O6/c1-3-16-38-32(41)26-15-14-24-27(30(26)34(38)43)19-28-33(42)39(22-11-7-10-21(37)17-22)35(44)36(28,20-8-5-4-6-9-20)31(24)25-13-12-23(45-2)18-29(25)40/h4-14,17-18,26-28,30-31,40H,3,15-16,19H2,1-2H3. The summed E-state index contributed by atoms with van der Waals surface area (Å²) >= 11 is 6.35. The third-order valence-electron chi connectivity index (χ3n) is 10.3. The number of carbonyl (C=O) groups is 4. The highest BCUT2D eigenvalue weighted by atomic mass is 35.5. The van der Waals surface area contributed by atoms with Crippen molar-refractivity contribution in [1.29, 1.82) is 0 Å². The van der Waals surface area contributed by atoms with Gasteiger partial charge in [0, 0.05) is 29.1 Å². The van der Waals surface area contributed by atoms with Crippen molar-refractivity contribution < 1.29 is 29.0 Å². The first kappa shape index (κ1) is 29.3. The van der Waals surface area contributed by atoms with E-state index >= 15 is 4.79 Å². The minimum absolute atomic E-state index is 0.0834. The summed E-state index contributed by atoms with van der Waals surface area (Å²) in [6.45, 7) is 2.27. The van der Waals surface area contributed by atoms with Crippen molar-refractivity contribution in [3.8, 4) is 11.5 Å². The molecule has 230 valence electrons. The van der Waals surface area contributed by atoms with E-state index in [0.717, 1.165) is 5.57 Å². The SMILES string of the molecule is CCCN1C(=O)C2CC=C3C(CC4C(=O)N(c5cccc(Cl)c5)C(=O)C4(c4ccccc4)C3c3ccc(OC)cc3O)C2C1=O. The van der Waals surface area contributed by atoms with E-state index in [-0.39, 0.29) is 24.0 Å². The fourth-order valence-corrected chi connectivity index (χ4v) is 8.68. The number of benzene rings is 3. The predicted octanol–water partition coefficient (Wildman–Crippen LogP) is 5.63. The lowest BCUT2D eigenvalue weighted by Gasteiger charge is -2.50. The molecule has 9 heteroatoms. The molecule has 3 fully saturated rings. The Morgan fingerprint density at radius 2 is 1.71 bits per heavy atom. The van der Waals surface area contributed by atoms with Crippen LogP contribution in [0.15, 0.2) is 84.4 Å². The number of allylic oxidation sites excluding steroid dienone is 2. The Morgan fingerprint density at radius 1 is 0.933 bits per heavy atom. The molecule has 0 spiro atoms. The highest BCUT2D eigenvalue weighted by molar-refractivity contribution is 6.32. The Labute approximate surface area is 266 Å². The first-order valence-corrected chi connectivity index (χ1v) is 15.7. The van der Waals surface area contributed by atoms with Gasteiger partial charge in [-0.15, -0.1) is 0 Å². The van der Waals surface area contributed by atoms with Crippen LogP contribution in [0.2, 0.25) is 5.02 Å². The van der Waals surface area contributed by atoms with Gasteiger partial charge in [-0.25, -0.2) is 4.90 Å². The summed E-state index contributed by atoms with van der Waals surface area (Å²) in [4.78, 5) is 59.8. The topological polar surface area (TPSA) is 104 Å². The number of amides is 4. The van der Waals surface area contributed by atoms with Gasteiger partial charge < -0.3 is 9.84 Å². The maximum Gasteiger partial charge on any atom is 0.246 e. The predicted molar refractivity (Wildman–Crippen MR) is 168 cm³/mol. The molecule has 3 aromatic carbocycles. The lowest BCUT2D eigenvalue weighted by atomic mass is 9.49. The molecule has 2 heterocycles. The summed E-state index contributed by atoms with van der Waals surface area (Å²) in [5.74, 6) is -4.22. The van der Waals surface area contributed by atoms with Crippen LogP contribution in [0.3, 0.4) is 0 Å². The van der Waals surface area contributed by atoms with Gasteiger partial charge in [-0.2, -0.15) is 0 Å². The number of methoxy groups -OCH3 is 1. The lowest BCUT2D eigenvalue weighted by molar-refractivity contribution is -0.140. The largest absolute Gasteiger partial charge is 0.508 e. The molecule has 0 radical (unpaired) electrons. The number of ether oxygens (including phenoxy) is 1. The number of likely N-dealkylation sites (tertiary alicyclic amines) is 1. The van der Waals surface area contributed by atoms with Crippen molar-refractivity contribution in [2.24, 2.45) is 23.7 Å². The highest BCUT2D eigenvalue weighted by Crippen LogP contribution is 2.65. The summed E-state index contributed by atoms with van der Waals surface area (Å²) < 4.78 is 5.38. The number of hydrogen-bond acceptors (Lipinski definition) is 6. The highest BCUT2D eigenvalue weighted by Gasteiger charge is 2.70. The van der Waals surface area contributed by atoms with E-state index in [4.69, 9.17) is 16.3 Å². The van der Waals surface area contributed by atoms with Crippen LogP contribution >= 0.6 is 11.6 Å². The maximum absolute atomic E-state index is 15.2. The second kappa shape index (κ2) is 10.9. The van der Waals surface area contributed by atoms with Crippen LogP contribution in [-0.4, -0.2) is 47.3 Å². The van der Waals surface area contributed by atoms with Crippen molar-refractivity contribution in [2.45, 2.75) is 37.5 Å². The molecule has 1 N–H and O–H groups in total. The van der Waals surface area contributed by atoms with Crippen molar-refractivity contribution in [3.63, 3.8) is 0 Å². The third-order valence-corrected chi connectivity index (χ3v) is 10.5. The molecule has 6 atom stereocenters.